The lowest BCUT2D eigenvalue weighted by atomic mass is 9.73. The molecule has 1 saturated heterocycles. The summed E-state index contributed by atoms with van der Waals surface area (Å²) in [6, 6.07) is 7.72. The van der Waals surface area contributed by atoms with Crippen molar-refractivity contribution in [3.8, 4) is 0 Å². The molecule has 0 aromatic heterocycles. The molecule has 1 aliphatic rings. The molecule has 1 amide bonds. The van der Waals surface area contributed by atoms with Gasteiger partial charge in [-0.3, -0.25) is 9.69 Å². The molecule has 0 radical (unpaired) electrons. The van der Waals surface area contributed by atoms with Gasteiger partial charge in [-0.15, -0.1) is 0 Å². The summed E-state index contributed by atoms with van der Waals surface area (Å²) in [5.74, 6) is -1.59. The van der Waals surface area contributed by atoms with E-state index in [4.69, 9.17) is 4.74 Å². The van der Waals surface area contributed by atoms with E-state index in [0.29, 0.717) is 0 Å². The molecular weight excluding hydrogens is 346 g/mol. The van der Waals surface area contributed by atoms with Crippen LogP contribution in [0.25, 0.3) is 0 Å². The first kappa shape index (κ1) is 19.4. The van der Waals surface area contributed by atoms with Crippen LogP contribution >= 0.6 is 0 Å². The minimum atomic E-state index is -3.97. The smallest absolute Gasteiger partial charge is 0.356 e. The Morgan fingerprint density at radius 1 is 1.24 bits per heavy atom. The van der Waals surface area contributed by atoms with Crippen LogP contribution in [-0.4, -0.2) is 48.5 Å². The molecule has 2 unspecified atom stereocenters. The number of rotatable bonds is 7. The van der Waals surface area contributed by atoms with Gasteiger partial charge in [-0.2, -0.15) is 0 Å². The van der Waals surface area contributed by atoms with Gasteiger partial charge in [0.15, 0.2) is 5.37 Å². The third-order valence-electron chi connectivity index (χ3n) is 4.77. The average Bonchev–Trinajstić information content (AvgIpc) is 2.61. The predicted octanol–water partition coefficient (Wildman–Crippen LogP) is 1.32. The highest BCUT2D eigenvalue weighted by Crippen LogP contribution is 2.50. The van der Waals surface area contributed by atoms with Gasteiger partial charge in [-0.25, -0.2) is 13.2 Å². The van der Waals surface area contributed by atoms with Gasteiger partial charge in [0.2, 0.25) is 22.0 Å². The molecule has 2 atom stereocenters. The Morgan fingerprint density at radius 3 is 2.28 bits per heavy atom. The largest absolute Gasteiger partial charge is 0.463 e. The van der Waals surface area contributed by atoms with E-state index in [2.05, 4.69) is 0 Å². The van der Waals surface area contributed by atoms with Crippen LogP contribution in [0.3, 0.4) is 0 Å². The highest BCUT2D eigenvalue weighted by molar-refractivity contribution is 7.92. The Labute approximate surface area is 147 Å². The van der Waals surface area contributed by atoms with E-state index in [-0.39, 0.29) is 24.3 Å². The Balaban J connectivity index is 2.51. The Hall–Kier alpha value is -1.93. The van der Waals surface area contributed by atoms with Gasteiger partial charge in [0, 0.05) is 0 Å². The van der Waals surface area contributed by atoms with Crippen molar-refractivity contribution in [2.45, 2.75) is 50.1 Å². The summed E-state index contributed by atoms with van der Waals surface area (Å²) in [7, 11) is -3.97. The van der Waals surface area contributed by atoms with E-state index in [0.717, 1.165) is 4.90 Å². The second-order valence-electron chi connectivity index (χ2n) is 5.91. The highest BCUT2D eigenvalue weighted by atomic mass is 32.2. The van der Waals surface area contributed by atoms with Crippen molar-refractivity contribution < 1.29 is 27.9 Å². The van der Waals surface area contributed by atoms with Crippen LogP contribution in [0.1, 0.15) is 33.6 Å². The molecule has 2 rings (SSSR count). The van der Waals surface area contributed by atoms with Crippen LogP contribution in [0.4, 0.5) is 0 Å². The normalized spacial score (nSPS) is 20.7. The van der Waals surface area contributed by atoms with Crippen molar-refractivity contribution in [1.82, 2.24) is 4.90 Å². The number of aliphatic hydroxyl groups excluding tert-OH is 1. The van der Waals surface area contributed by atoms with Crippen molar-refractivity contribution in [1.29, 1.82) is 0 Å². The van der Waals surface area contributed by atoms with Crippen LogP contribution in [0.15, 0.2) is 35.2 Å². The van der Waals surface area contributed by atoms with E-state index in [1.807, 2.05) is 0 Å². The number of nitrogens with zero attached hydrogens (tertiary/aromatic N) is 1. The number of ether oxygens (including phenoxy) is 1. The van der Waals surface area contributed by atoms with Crippen LogP contribution in [0.5, 0.6) is 0 Å². The van der Waals surface area contributed by atoms with E-state index in [1.54, 1.807) is 39.0 Å². The maximum Gasteiger partial charge on any atom is 0.356 e. The Bertz CT molecular complexity index is 742. The number of likely N-dealkylation sites (tertiary alicyclic amines) is 1. The van der Waals surface area contributed by atoms with E-state index in [1.165, 1.54) is 12.1 Å². The zero-order chi connectivity index (χ0) is 18.8. The fourth-order valence-corrected chi connectivity index (χ4v) is 5.66. The standard InChI is InChI=1S/C17H23NO6S/c1-4-17(5-2)15(21)18(13(19)14(20)24-6-3)16(17)25(22,23)12-10-8-7-9-11-12/h7-11,13,16,19H,4-6H2,1-3H3. The molecule has 1 aromatic carbocycles. The molecule has 0 spiro atoms. The summed E-state index contributed by atoms with van der Waals surface area (Å²) in [6.07, 6.45) is -1.38. The molecule has 138 valence electrons. The molecule has 1 N–H and O–H groups in total. The van der Waals surface area contributed by atoms with Gasteiger partial charge in [-0.1, -0.05) is 32.0 Å². The van der Waals surface area contributed by atoms with Crippen molar-refractivity contribution in [3.05, 3.63) is 30.3 Å². The molecule has 1 fully saturated rings. The molecule has 7 nitrogen and oxygen atoms in total. The number of amides is 1. The van der Waals surface area contributed by atoms with Crippen LogP contribution in [-0.2, 0) is 24.2 Å². The topological polar surface area (TPSA) is 101 Å². The van der Waals surface area contributed by atoms with Gasteiger partial charge in [0.1, 0.15) is 0 Å². The first-order valence-corrected chi connectivity index (χ1v) is 9.79. The van der Waals surface area contributed by atoms with Gasteiger partial charge in [0.05, 0.1) is 16.9 Å². The minimum absolute atomic E-state index is 0.0146. The monoisotopic (exact) mass is 369 g/mol. The van der Waals surface area contributed by atoms with Gasteiger partial charge in [0.25, 0.3) is 0 Å². The van der Waals surface area contributed by atoms with E-state index in [9.17, 15) is 23.1 Å². The van der Waals surface area contributed by atoms with Crippen molar-refractivity contribution in [2.24, 2.45) is 5.41 Å². The summed E-state index contributed by atoms with van der Waals surface area (Å²) >= 11 is 0. The van der Waals surface area contributed by atoms with Crippen LogP contribution < -0.4 is 0 Å². The summed E-state index contributed by atoms with van der Waals surface area (Å²) in [5.41, 5.74) is -1.16. The molecular formula is C17H23NO6S. The number of hydrogen-bond acceptors (Lipinski definition) is 6. The first-order chi connectivity index (χ1) is 11.8. The Kier molecular flexibility index (Phi) is 5.53. The fourth-order valence-electron chi connectivity index (χ4n) is 3.33. The lowest BCUT2D eigenvalue weighted by Crippen LogP contribution is -2.74. The molecule has 0 bridgehead atoms. The number of esters is 1. The van der Waals surface area contributed by atoms with E-state index < -0.39 is 38.7 Å². The summed E-state index contributed by atoms with van der Waals surface area (Å²) in [4.78, 5) is 25.3. The van der Waals surface area contributed by atoms with Gasteiger partial charge < -0.3 is 9.84 Å². The maximum absolute atomic E-state index is 13.1. The zero-order valence-electron chi connectivity index (χ0n) is 14.5. The minimum Gasteiger partial charge on any atom is -0.463 e. The summed E-state index contributed by atoms with van der Waals surface area (Å²) < 4.78 is 31.0. The van der Waals surface area contributed by atoms with Crippen molar-refractivity contribution >= 4 is 21.7 Å². The third-order valence-corrected chi connectivity index (χ3v) is 6.97. The van der Waals surface area contributed by atoms with Gasteiger partial charge >= 0.3 is 5.97 Å². The quantitative estimate of drug-likeness (QED) is 0.575. The number of benzene rings is 1. The molecule has 0 aliphatic carbocycles. The van der Waals surface area contributed by atoms with Gasteiger partial charge in [-0.05, 0) is 31.9 Å². The number of sulfone groups is 1. The molecule has 1 heterocycles. The number of β-lactam (4-membered cyclic amide) rings is 1. The highest BCUT2D eigenvalue weighted by Gasteiger charge is 2.66. The zero-order valence-corrected chi connectivity index (χ0v) is 15.3. The molecule has 1 aliphatic heterocycles. The molecule has 1 aromatic rings. The van der Waals surface area contributed by atoms with Crippen LogP contribution in [0, 0.1) is 5.41 Å². The second-order valence-corrected chi connectivity index (χ2v) is 7.92. The summed E-state index contributed by atoms with van der Waals surface area (Å²) in [6.45, 7) is 5.02. The first-order valence-electron chi connectivity index (χ1n) is 8.24. The molecule has 0 saturated carbocycles. The fraction of sp³-hybridized carbons (Fsp3) is 0.529. The lowest BCUT2D eigenvalue weighted by molar-refractivity contribution is -0.196. The van der Waals surface area contributed by atoms with E-state index >= 15 is 0 Å². The molecule has 8 heteroatoms. The van der Waals surface area contributed by atoms with Crippen molar-refractivity contribution in [2.75, 3.05) is 6.61 Å². The average molecular weight is 369 g/mol. The predicted molar refractivity (Wildman–Crippen MR) is 89.9 cm³/mol. The molecule has 25 heavy (non-hydrogen) atoms. The third kappa shape index (κ3) is 2.93. The summed E-state index contributed by atoms with van der Waals surface area (Å²) in [5, 5.41) is 8.89. The number of carbonyl (C=O) groups is 2. The van der Waals surface area contributed by atoms with Crippen LogP contribution in [0.2, 0.25) is 0 Å². The number of aliphatic hydroxyl groups is 1. The Morgan fingerprint density at radius 2 is 1.80 bits per heavy atom. The number of carbonyl (C=O) groups excluding carboxylic acids is 2. The maximum atomic E-state index is 13.1. The van der Waals surface area contributed by atoms with Crippen molar-refractivity contribution in [3.63, 3.8) is 0 Å². The second kappa shape index (κ2) is 7.13. The number of hydrogen-bond donors (Lipinski definition) is 1. The SMILES string of the molecule is CCOC(=O)C(O)N1C(=O)C(CC)(CC)C1S(=O)(=O)c1ccccc1. The lowest BCUT2D eigenvalue weighted by Gasteiger charge is -2.55.